The van der Waals surface area contributed by atoms with Gasteiger partial charge in [0.2, 0.25) is 5.91 Å². The molecular weight excluding hydrogens is 188 g/mol. The number of nitrogens with zero attached hydrogens (tertiary/aromatic N) is 1. The van der Waals surface area contributed by atoms with Gasteiger partial charge in [-0.05, 0) is 19.1 Å². The van der Waals surface area contributed by atoms with Crippen molar-refractivity contribution in [2.75, 3.05) is 5.32 Å². The van der Waals surface area contributed by atoms with Crippen molar-refractivity contribution in [1.29, 1.82) is 0 Å². The lowest BCUT2D eigenvalue weighted by atomic mass is 10.1. The summed E-state index contributed by atoms with van der Waals surface area (Å²) in [5.74, 6) is -0.0584. The van der Waals surface area contributed by atoms with Crippen molar-refractivity contribution in [3.8, 4) is 0 Å². The van der Waals surface area contributed by atoms with Crippen LogP contribution in [0.5, 0.6) is 0 Å². The zero-order chi connectivity index (χ0) is 10.8. The highest BCUT2D eigenvalue weighted by molar-refractivity contribution is 6.01. The smallest absolute Gasteiger partial charge is 0.221 e. The molecule has 3 nitrogen and oxygen atoms in total. The van der Waals surface area contributed by atoms with Crippen LogP contribution in [-0.4, -0.2) is 10.9 Å². The number of anilines is 1. The summed E-state index contributed by atoms with van der Waals surface area (Å²) in [4.78, 5) is 15.2. The van der Waals surface area contributed by atoms with Crippen molar-refractivity contribution in [2.24, 2.45) is 0 Å². The Morgan fingerprint density at radius 1 is 1.27 bits per heavy atom. The number of pyridine rings is 1. The number of carbonyl (C=O) groups excluding carboxylic acids is 1. The molecule has 0 saturated heterocycles. The highest BCUT2D eigenvalue weighted by Gasteiger charge is 2.03. The Morgan fingerprint density at radius 2 is 2.07 bits per heavy atom. The van der Waals surface area contributed by atoms with E-state index in [-0.39, 0.29) is 5.91 Å². The maximum absolute atomic E-state index is 11.0. The standard InChI is InChI=1S/C12H12N2O/c1-8-10-4-3-5-12(14-9(2)15)11(10)6-7-13-8/h3-7H,1-2H3,(H,14,15). The van der Waals surface area contributed by atoms with E-state index in [1.165, 1.54) is 6.92 Å². The lowest BCUT2D eigenvalue weighted by Crippen LogP contribution is -2.06. The van der Waals surface area contributed by atoms with Crippen molar-refractivity contribution in [2.45, 2.75) is 13.8 Å². The molecule has 1 heterocycles. The molecule has 15 heavy (non-hydrogen) atoms. The van der Waals surface area contributed by atoms with Gasteiger partial charge in [0.25, 0.3) is 0 Å². The van der Waals surface area contributed by atoms with Gasteiger partial charge in [-0.25, -0.2) is 0 Å². The summed E-state index contributed by atoms with van der Waals surface area (Å²) in [7, 11) is 0. The minimum atomic E-state index is -0.0584. The highest BCUT2D eigenvalue weighted by Crippen LogP contribution is 2.24. The molecule has 2 aromatic rings. The predicted octanol–water partition coefficient (Wildman–Crippen LogP) is 2.50. The molecule has 1 N–H and O–H groups in total. The van der Waals surface area contributed by atoms with E-state index in [4.69, 9.17) is 0 Å². The van der Waals surface area contributed by atoms with E-state index in [1.54, 1.807) is 6.20 Å². The number of hydrogen-bond acceptors (Lipinski definition) is 2. The predicted molar refractivity (Wildman–Crippen MR) is 60.8 cm³/mol. The number of amides is 1. The molecule has 0 radical (unpaired) electrons. The molecule has 0 aliphatic rings. The Labute approximate surface area is 88.1 Å². The molecule has 2 rings (SSSR count). The third kappa shape index (κ3) is 1.81. The first kappa shape index (κ1) is 9.65. The van der Waals surface area contributed by atoms with Crippen molar-refractivity contribution < 1.29 is 4.79 Å². The number of nitrogens with one attached hydrogen (secondary N) is 1. The zero-order valence-corrected chi connectivity index (χ0v) is 8.74. The topological polar surface area (TPSA) is 42.0 Å². The van der Waals surface area contributed by atoms with Gasteiger partial charge in [-0.2, -0.15) is 0 Å². The average Bonchev–Trinajstić information content (AvgIpc) is 2.19. The quantitative estimate of drug-likeness (QED) is 0.768. The normalized spacial score (nSPS) is 10.3. The lowest BCUT2D eigenvalue weighted by molar-refractivity contribution is -0.114. The van der Waals surface area contributed by atoms with Crippen LogP contribution >= 0.6 is 0 Å². The summed E-state index contributed by atoms with van der Waals surface area (Å²) >= 11 is 0. The molecule has 0 aliphatic carbocycles. The zero-order valence-electron chi connectivity index (χ0n) is 8.74. The molecule has 0 saturated carbocycles. The van der Waals surface area contributed by atoms with E-state index in [1.807, 2.05) is 31.2 Å². The van der Waals surface area contributed by atoms with Gasteiger partial charge in [0.1, 0.15) is 0 Å². The SMILES string of the molecule is CC(=O)Nc1cccc2c(C)nccc12. The summed E-state index contributed by atoms with van der Waals surface area (Å²) in [6, 6.07) is 7.72. The van der Waals surface area contributed by atoms with Crippen molar-refractivity contribution in [3.63, 3.8) is 0 Å². The lowest BCUT2D eigenvalue weighted by Gasteiger charge is -2.07. The van der Waals surface area contributed by atoms with Crippen LogP contribution in [0.1, 0.15) is 12.6 Å². The van der Waals surface area contributed by atoms with Crippen LogP contribution < -0.4 is 5.32 Å². The van der Waals surface area contributed by atoms with Crippen LogP contribution in [-0.2, 0) is 4.79 Å². The second kappa shape index (κ2) is 3.69. The summed E-state index contributed by atoms with van der Waals surface area (Å²) in [6.07, 6.45) is 1.75. The Hall–Kier alpha value is -1.90. The second-order valence-corrected chi connectivity index (χ2v) is 3.48. The van der Waals surface area contributed by atoms with Gasteiger partial charge < -0.3 is 5.32 Å². The van der Waals surface area contributed by atoms with E-state index >= 15 is 0 Å². The molecule has 0 aliphatic heterocycles. The van der Waals surface area contributed by atoms with Gasteiger partial charge in [0.05, 0.1) is 0 Å². The minimum Gasteiger partial charge on any atom is -0.326 e. The Kier molecular flexibility index (Phi) is 2.37. The molecule has 0 bridgehead atoms. The summed E-state index contributed by atoms with van der Waals surface area (Å²) < 4.78 is 0. The summed E-state index contributed by atoms with van der Waals surface area (Å²) in [5.41, 5.74) is 1.81. The minimum absolute atomic E-state index is 0.0584. The molecule has 3 heteroatoms. The summed E-state index contributed by atoms with van der Waals surface area (Å²) in [6.45, 7) is 3.47. The van der Waals surface area contributed by atoms with Crippen molar-refractivity contribution >= 4 is 22.4 Å². The molecule has 1 aromatic carbocycles. The number of carbonyl (C=O) groups is 1. The van der Waals surface area contributed by atoms with Crippen LogP contribution in [0.4, 0.5) is 5.69 Å². The van der Waals surface area contributed by atoms with Crippen LogP contribution in [0.25, 0.3) is 10.8 Å². The van der Waals surface area contributed by atoms with Gasteiger partial charge in [0.15, 0.2) is 0 Å². The fourth-order valence-corrected chi connectivity index (χ4v) is 1.65. The molecule has 76 valence electrons. The Balaban J connectivity index is 2.65. The third-order valence-electron chi connectivity index (χ3n) is 2.32. The number of aryl methyl sites for hydroxylation is 1. The molecule has 1 aromatic heterocycles. The maximum Gasteiger partial charge on any atom is 0.221 e. The maximum atomic E-state index is 11.0. The van der Waals surface area contributed by atoms with Crippen LogP contribution in [0.2, 0.25) is 0 Å². The van der Waals surface area contributed by atoms with Crippen LogP contribution in [0, 0.1) is 6.92 Å². The Morgan fingerprint density at radius 3 is 2.80 bits per heavy atom. The molecular formula is C12H12N2O. The van der Waals surface area contributed by atoms with E-state index in [0.717, 1.165) is 22.2 Å². The average molecular weight is 200 g/mol. The number of rotatable bonds is 1. The molecule has 0 unspecified atom stereocenters. The first-order chi connectivity index (χ1) is 7.18. The van der Waals surface area contributed by atoms with Crippen LogP contribution in [0.15, 0.2) is 30.5 Å². The number of hydrogen-bond donors (Lipinski definition) is 1. The van der Waals surface area contributed by atoms with Gasteiger partial charge in [-0.15, -0.1) is 0 Å². The number of fused-ring (bicyclic) bond motifs is 1. The number of aromatic nitrogens is 1. The monoisotopic (exact) mass is 200 g/mol. The second-order valence-electron chi connectivity index (χ2n) is 3.48. The van der Waals surface area contributed by atoms with Crippen molar-refractivity contribution in [1.82, 2.24) is 4.98 Å². The van der Waals surface area contributed by atoms with Gasteiger partial charge in [-0.3, -0.25) is 9.78 Å². The van der Waals surface area contributed by atoms with E-state index in [9.17, 15) is 4.79 Å². The van der Waals surface area contributed by atoms with Gasteiger partial charge in [0, 0.05) is 35.3 Å². The molecule has 0 spiro atoms. The fourth-order valence-electron chi connectivity index (χ4n) is 1.65. The van der Waals surface area contributed by atoms with E-state index in [2.05, 4.69) is 10.3 Å². The van der Waals surface area contributed by atoms with E-state index in [0.29, 0.717) is 0 Å². The first-order valence-electron chi connectivity index (χ1n) is 4.80. The third-order valence-corrected chi connectivity index (χ3v) is 2.32. The van der Waals surface area contributed by atoms with Gasteiger partial charge >= 0.3 is 0 Å². The fraction of sp³-hybridized carbons (Fsp3) is 0.167. The van der Waals surface area contributed by atoms with E-state index < -0.39 is 0 Å². The molecule has 0 fully saturated rings. The molecule has 0 atom stereocenters. The van der Waals surface area contributed by atoms with Crippen LogP contribution in [0.3, 0.4) is 0 Å². The van der Waals surface area contributed by atoms with Crippen molar-refractivity contribution in [3.05, 3.63) is 36.2 Å². The number of benzene rings is 1. The largest absolute Gasteiger partial charge is 0.326 e. The highest BCUT2D eigenvalue weighted by atomic mass is 16.1. The molecule has 1 amide bonds. The Bertz CT molecular complexity index is 520. The van der Waals surface area contributed by atoms with Gasteiger partial charge in [-0.1, -0.05) is 12.1 Å². The first-order valence-corrected chi connectivity index (χ1v) is 4.80. The summed E-state index contributed by atoms with van der Waals surface area (Å²) in [5, 5.41) is 4.91.